The van der Waals surface area contributed by atoms with Gasteiger partial charge in [-0.25, -0.2) is 4.98 Å². The second kappa shape index (κ2) is 9.71. The minimum absolute atomic E-state index is 0.0654. The summed E-state index contributed by atoms with van der Waals surface area (Å²) in [5.74, 6) is 1.10. The molecule has 1 N–H and O–H groups in total. The third kappa shape index (κ3) is 5.45. The van der Waals surface area contributed by atoms with Crippen LogP contribution >= 0.6 is 11.6 Å². The number of rotatable bonds is 8. The molecule has 0 spiro atoms. The third-order valence-electron chi connectivity index (χ3n) is 4.01. The van der Waals surface area contributed by atoms with Crippen molar-refractivity contribution in [3.63, 3.8) is 0 Å². The van der Waals surface area contributed by atoms with Crippen molar-refractivity contribution in [3.05, 3.63) is 87.1 Å². The second-order valence-corrected chi connectivity index (χ2v) is 6.55. The topological polar surface area (TPSA) is 104 Å². The molecule has 154 valence electrons. The average molecular weight is 428 g/mol. The summed E-state index contributed by atoms with van der Waals surface area (Å²) in [4.78, 5) is 27.1. The standard InChI is InChI=1S/C21H18ClN3O5/c1-2-29-16-4-6-17(7-5-16)30-20-11-14(9-10-23-20)13-24-21(26)18-8-3-15(22)12-19(18)25(27)28/h3-12H,2,13H2,1H3,(H,24,26). The van der Waals surface area contributed by atoms with Crippen LogP contribution in [0.4, 0.5) is 5.69 Å². The number of nitro benzene ring substituents is 1. The number of benzene rings is 2. The molecule has 0 saturated carbocycles. The number of amides is 1. The molecule has 1 heterocycles. The van der Waals surface area contributed by atoms with Crippen molar-refractivity contribution in [2.75, 3.05) is 6.61 Å². The van der Waals surface area contributed by atoms with E-state index in [4.69, 9.17) is 21.1 Å². The van der Waals surface area contributed by atoms with Gasteiger partial charge in [0.25, 0.3) is 11.6 Å². The maximum absolute atomic E-state index is 12.4. The van der Waals surface area contributed by atoms with Crippen LogP contribution in [0.15, 0.2) is 60.8 Å². The summed E-state index contributed by atoms with van der Waals surface area (Å²) < 4.78 is 11.1. The normalized spacial score (nSPS) is 10.3. The van der Waals surface area contributed by atoms with Crippen LogP contribution in [0.5, 0.6) is 17.4 Å². The Morgan fingerprint density at radius 1 is 1.13 bits per heavy atom. The molecule has 3 rings (SSSR count). The number of nitrogens with one attached hydrogen (secondary N) is 1. The Balaban J connectivity index is 1.66. The highest BCUT2D eigenvalue weighted by atomic mass is 35.5. The van der Waals surface area contributed by atoms with E-state index in [1.165, 1.54) is 12.1 Å². The molecule has 0 radical (unpaired) electrons. The lowest BCUT2D eigenvalue weighted by molar-refractivity contribution is -0.385. The second-order valence-electron chi connectivity index (χ2n) is 6.11. The average Bonchev–Trinajstić information content (AvgIpc) is 2.74. The van der Waals surface area contributed by atoms with Crippen LogP contribution in [-0.2, 0) is 6.54 Å². The number of carbonyl (C=O) groups excluding carboxylic acids is 1. The van der Waals surface area contributed by atoms with Gasteiger partial charge in [-0.05, 0) is 55.0 Å². The highest BCUT2D eigenvalue weighted by molar-refractivity contribution is 6.31. The highest BCUT2D eigenvalue weighted by Gasteiger charge is 2.20. The molecule has 8 nitrogen and oxygen atoms in total. The Morgan fingerprint density at radius 2 is 1.87 bits per heavy atom. The largest absolute Gasteiger partial charge is 0.494 e. The fourth-order valence-corrected chi connectivity index (χ4v) is 2.80. The van der Waals surface area contributed by atoms with E-state index in [0.29, 0.717) is 18.2 Å². The number of aromatic nitrogens is 1. The summed E-state index contributed by atoms with van der Waals surface area (Å²) in [7, 11) is 0. The van der Waals surface area contributed by atoms with Crippen molar-refractivity contribution < 1.29 is 19.2 Å². The smallest absolute Gasteiger partial charge is 0.283 e. The first-order chi connectivity index (χ1) is 14.5. The summed E-state index contributed by atoms with van der Waals surface area (Å²) in [5, 5.41) is 14.0. The summed E-state index contributed by atoms with van der Waals surface area (Å²) in [6.07, 6.45) is 1.55. The predicted octanol–water partition coefficient (Wildman–Crippen LogP) is 4.76. The molecule has 0 fully saturated rings. The number of pyridine rings is 1. The fourth-order valence-electron chi connectivity index (χ4n) is 2.63. The van der Waals surface area contributed by atoms with E-state index in [1.807, 2.05) is 6.92 Å². The van der Waals surface area contributed by atoms with Crippen LogP contribution in [0.1, 0.15) is 22.8 Å². The summed E-state index contributed by atoms with van der Waals surface area (Å²) in [6, 6.07) is 14.4. The number of nitro groups is 1. The molecule has 0 aliphatic heterocycles. The van der Waals surface area contributed by atoms with Gasteiger partial charge in [0.2, 0.25) is 5.88 Å². The predicted molar refractivity (Wildman–Crippen MR) is 111 cm³/mol. The minimum atomic E-state index is -0.643. The van der Waals surface area contributed by atoms with Crippen LogP contribution in [0.3, 0.4) is 0 Å². The first kappa shape index (κ1) is 21.1. The maximum Gasteiger partial charge on any atom is 0.283 e. The van der Waals surface area contributed by atoms with Gasteiger partial charge in [0.05, 0.1) is 11.5 Å². The van der Waals surface area contributed by atoms with Crippen molar-refractivity contribution >= 4 is 23.2 Å². The van der Waals surface area contributed by atoms with Crippen LogP contribution in [-0.4, -0.2) is 22.4 Å². The van der Waals surface area contributed by atoms with Gasteiger partial charge in [0.15, 0.2) is 0 Å². The highest BCUT2D eigenvalue weighted by Crippen LogP contribution is 2.24. The Morgan fingerprint density at radius 3 is 2.57 bits per heavy atom. The number of carbonyl (C=O) groups is 1. The van der Waals surface area contributed by atoms with Gasteiger partial charge in [-0.2, -0.15) is 0 Å². The van der Waals surface area contributed by atoms with Crippen LogP contribution < -0.4 is 14.8 Å². The van der Waals surface area contributed by atoms with Gasteiger partial charge in [-0.1, -0.05) is 11.6 Å². The fraction of sp³-hybridized carbons (Fsp3) is 0.143. The molecular weight excluding hydrogens is 410 g/mol. The zero-order valence-electron chi connectivity index (χ0n) is 16.0. The first-order valence-electron chi connectivity index (χ1n) is 9.04. The lowest BCUT2D eigenvalue weighted by Crippen LogP contribution is -2.23. The van der Waals surface area contributed by atoms with Crippen molar-refractivity contribution in [1.82, 2.24) is 10.3 Å². The monoisotopic (exact) mass is 427 g/mol. The number of halogens is 1. The summed E-state index contributed by atoms with van der Waals surface area (Å²) in [6.45, 7) is 2.62. The van der Waals surface area contributed by atoms with E-state index >= 15 is 0 Å². The zero-order chi connectivity index (χ0) is 21.5. The maximum atomic E-state index is 12.4. The minimum Gasteiger partial charge on any atom is -0.494 e. The van der Waals surface area contributed by atoms with E-state index < -0.39 is 10.8 Å². The molecular formula is C21H18ClN3O5. The molecule has 9 heteroatoms. The first-order valence-corrected chi connectivity index (χ1v) is 9.42. The van der Waals surface area contributed by atoms with Crippen molar-refractivity contribution in [2.45, 2.75) is 13.5 Å². The van der Waals surface area contributed by atoms with Gasteiger partial charge in [-0.3, -0.25) is 14.9 Å². The lowest BCUT2D eigenvalue weighted by Gasteiger charge is -2.09. The Kier molecular flexibility index (Phi) is 6.82. The van der Waals surface area contributed by atoms with E-state index in [2.05, 4.69) is 10.3 Å². The van der Waals surface area contributed by atoms with Crippen LogP contribution in [0, 0.1) is 10.1 Å². The van der Waals surface area contributed by atoms with E-state index in [-0.39, 0.29) is 22.8 Å². The molecule has 3 aromatic rings. The van der Waals surface area contributed by atoms with E-state index in [1.54, 1.807) is 42.6 Å². The van der Waals surface area contributed by atoms with E-state index in [9.17, 15) is 14.9 Å². The van der Waals surface area contributed by atoms with Gasteiger partial charge in [0, 0.05) is 29.9 Å². The Labute approximate surface area is 177 Å². The molecule has 0 saturated heterocycles. The van der Waals surface area contributed by atoms with Gasteiger partial charge >= 0.3 is 0 Å². The van der Waals surface area contributed by atoms with Crippen molar-refractivity contribution in [1.29, 1.82) is 0 Å². The molecule has 0 atom stereocenters. The molecule has 0 aliphatic carbocycles. The van der Waals surface area contributed by atoms with Gasteiger partial charge in [-0.15, -0.1) is 0 Å². The molecule has 1 aromatic heterocycles. The number of hydrogen-bond donors (Lipinski definition) is 1. The quantitative estimate of drug-likeness (QED) is 0.410. The summed E-state index contributed by atoms with van der Waals surface area (Å²) >= 11 is 5.78. The molecule has 0 bridgehead atoms. The summed E-state index contributed by atoms with van der Waals surface area (Å²) in [5.41, 5.74) is 0.300. The zero-order valence-corrected chi connectivity index (χ0v) is 16.8. The van der Waals surface area contributed by atoms with Gasteiger partial charge in [0.1, 0.15) is 17.1 Å². The molecule has 30 heavy (non-hydrogen) atoms. The number of hydrogen-bond acceptors (Lipinski definition) is 6. The molecule has 2 aromatic carbocycles. The third-order valence-corrected chi connectivity index (χ3v) is 4.25. The van der Waals surface area contributed by atoms with E-state index in [0.717, 1.165) is 17.4 Å². The molecule has 0 aliphatic rings. The Bertz CT molecular complexity index is 1060. The molecule has 1 amide bonds. The number of ether oxygens (including phenoxy) is 2. The van der Waals surface area contributed by atoms with Crippen molar-refractivity contribution in [2.24, 2.45) is 0 Å². The van der Waals surface area contributed by atoms with Crippen LogP contribution in [0.2, 0.25) is 5.02 Å². The SMILES string of the molecule is CCOc1ccc(Oc2cc(CNC(=O)c3ccc(Cl)cc3[N+](=O)[O-])ccn2)cc1. The molecule has 0 unspecified atom stereocenters. The Hall–Kier alpha value is -3.65. The lowest BCUT2D eigenvalue weighted by atomic mass is 10.1. The number of nitrogens with zero attached hydrogens (tertiary/aromatic N) is 2. The van der Waals surface area contributed by atoms with Crippen molar-refractivity contribution in [3.8, 4) is 17.4 Å². The van der Waals surface area contributed by atoms with Crippen LogP contribution in [0.25, 0.3) is 0 Å². The van der Waals surface area contributed by atoms with Gasteiger partial charge < -0.3 is 14.8 Å².